The Morgan fingerprint density at radius 1 is 1.10 bits per heavy atom. The molecule has 1 aliphatic carbocycles. The van der Waals surface area contributed by atoms with Crippen LogP contribution in [0.5, 0.6) is 5.75 Å². The molecule has 0 spiro atoms. The van der Waals surface area contributed by atoms with E-state index in [9.17, 15) is 22.4 Å². The van der Waals surface area contributed by atoms with Gasteiger partial charge in [0.2, 0.25) is 5.91 Å². The van der Waals surface area contributed by atoms with Crippen molar-refractivity contribution in [1.29, 1.82) is 0 Å². The molecular weight excluding hydrogens is 412 g/mol. The molecule has 1 amide bonds. The number of alkyl halides is 3. The van der Waals surface area contributed by atoms with E-state index >= 15 is 0 Å². The third kappa shape index (κ3) is 4.69. The Labute approximate surface area is 178 Å². The van der Waals surface area contributed by atoms with Gasteiger partial charge in [0.05, 0.1) is 12.7 Å². The van der Waals surface area contributed by atoms with E-state index < -0.39 is 17.6 Å². The zero-order valence-corrected chi connectivity index (χ0v) is 17.2. The highest BCUT2D eigenvalue weighted by molar-refractivity contribution is 5.83. The minimum Gasteiger partial charge on any atom is -0.494 e. The van der Waals surface area contributed by atoms with Crippen LogP contribution in [-0.4, -0.2) is 49.0 Å². The van der Waals surface area contributed by atoms with Crippen molar-refractivity contribution in [3.63, 3.8) is 0 Å². The number of amides is 1. The second-order valence-electron chi connectivity index (χ2n) is 8.10. The number of benzene rings is 2. The summed E-state index contributed by atoms with van der Waals surface area (Å²) in [5.41, 5.74) is 0.393. The lowest BCUT2D eigenvalue weighted by molar-refractivity contribution is -0.139. The maximum atomic E-state index is 13.9. The Morgan fingerprint density at radius 3 is 2.45 bits per heavy atom. The lowest BCUT2D eigenvalue weighted by atomic mass is 10.0. The second-order valence-corrected chi connectivity index (χ2v) is 8.10. The number of ether oxygens (including phenoxy) is 1. The molecule has 2 aliphatic rings. The van der Waals surface area contributed by atoms with E-state index in [4.69, 9.17) is 4.74 Å². The number of nitrogens with zero attached hydrogens (tertiary/aromatic N) is 2. The molecule has 4 nitrogen and oxygen atoms in total. The van der Waals surface area contributed by atoms with Gasteiger partial charge in [0.1, 0.15) is 0 Å². The number of rotatable bonds is 5. The normalized spacial score (nSPS) is 21.8. The number of hydrogen-bond acceptors (Lipinski definition) is 3. The highest BCUT2D eigenvalue weighted by atomic mass is 19.4. The molecule has 2 fully saturated rings. The molecule has 166 valence electrons. The fraction of sp³-hybridized carbons (Fsp3) is 0.435. The van der Waals surface area contributed by atoms with E-state index in [-0.39, 0.29) is 29.1 Å². The molecule has 0 aromatic heterocycles. The zero-order valence-electron chi connectivity index (χ0n) is 17.2. The van der Waals surface area contributed by atoms with Crippen molar-refractivity contribution in [3.8, 4) is 5.75 Å². The second kappa shape index (κ2) is 8.49. The van der Waals surface area contributed by atoms with Gasteiger partial charge in [0.25, 0.3) is 0 Å². The SMILES string of the molecule is COc1ccc(CN2CCN(C(=O)C3CC3c3ccccc3C(F)(F)F)CC2)cc1F. The minimum atomic E-state index is -4.42. The first-order valence-corrected chi connectivity index (χ1v) is 10.3. The highest BCUT2D eigenvalue weighted by Gasteiger charge is 2.49. The number of carbonyl (C=O) groups is 1. The van der Waals surface area contributed by atoms with Crippen LogP contribution < -0.4 is 4.74 Å². The number of halogens is 4. The predicted molar refractivity (Wildman–Crippen MR) is 107 cm³/mol. The lowest BCUT2D eigenvalue weighted by Gasteiger charge is -2.35. The summed E-state index contributed by atoms with van der Waals surface area (Å²) in [5, 5.41) is 0. The van der Waals surface area contributed by atoms with E-state index in [0.717, 1.165) is 11.6 Å². The van der Waals surface area contributed by atoms with Gasteiger partial charge in [-0.2, -0.15) is 13.2 Å². The summed E-state index contributed by atoms with van der Waals surface area (Å²) in [6.45, 7) is 2.86. The molecule has 0 radical (unpaired) electrons. The van der Waals surface area contributed by atoms with Crippen LogP contribution in [0.15, 0.2) is 42.5 Å². The standard InChI is InChI=1S/C23H24F4N2O2/c1-31-21-7-6-15(12-20(21)24)14-28-8-10-29(11-9-28)22(30)18-13-17(18)16-4-2-3-5-19(16)23(25,26)27/h2-7,12,17-18H,8-11,13-14H2,1H3. The summed E-state index contributed by atoms with van der Waals surface area (Å²) in [7, 11) is 1.42. The number of piperazine rings is 1. The Hall–Kier alpha value is -2.61. The van der Waals surface area contributed by atoms with Crippen LogP contribution in [-0.2, 0) is 17.5 Å². The molecule has 1 aliphatic heterocycles. The van der Waals surface area contributed by atoms with Gasteiger partial charge >= 0.3 is 6.18 Å². The third-order valence-electron chi connectivity index (χ3n) is 6.08. The van der Waals surface area contributed by atoms with Crippen molar-refractivity contribution in [2.75, 3.05) is 33.3 Å². The fourth-order valence-electron chi connectivity index (χ4n) is 4.32. The third-order valence-corrected chi connectivity index (χ3v) is 6.08. The Kier molecular flexibility index (Phi) is 5.92. The molecule has 8 heteroatoms. The van der Waals surface area contributed by atoms with Crippen molar-refractivity contribution < 1.29 is 27.1 Å². The van der Waals surface area contributed by atoms with Gasteiger partial charge in [-0.05, 0) is 41.7 Å². The molecule has 0 bridgehead atoms. The molecule has 1 saturated carbocycles. The minimum absolute atomic E-state index is 0.0721. The molecule has 4 rings (SSSR count). The Balaban J connectivity index is 1.32. The van der Waals surface area contributed by atoms with Crippen LogP contribution >= 0.6 is 0 Å². The molecule has 2 aromatic rings. The highest BCUT2D eigenvalue weighted by Crippen LogP contribution is 2.51. The van der Waals surface area contributed by atoms with Crippen molar-refractivity contribution in [2.45, 2.75) is 25.1 Å². The summed E-state index contributed by atoms with van der Waals surface area (Å²) in [6.07, 6.45) is -3.96. The van der Waals surface area contributed by atoms with Crippen LogP contribution in [0.4, 0.5) is 17.6 Å². The van der Waals surface area contributed by atoms with Crippen LogP contribution in [0.2, 0.25) is 0 Å². The summed E-state index contributed by atoms with van der Waals surface area (Å²) >= 11 is 0. The van der Waals surface area contributed by atoms with Gasteiger partial charge < -0.3 is 9.64 Å². The first-order valence-electron chi connectivity index (χ1n) is 10.3. The van der Waals surface area contributed by atoms with E-state index in [2.05, 4.69) is 4.90 Å². The Morgan fingerprint density at radius 2 is 1.81 bits per heavy atom. The van der Waals surface area contributed by atoms with Crippen molar-refractivity contribution in [1.82, 2.24) is 9.80 Å². The van der Waals surface area contributed by atoms with Crippen LogP contribution in [0.1, 0.15) is 29.0 Å². The van der Waals surface area contributed by atoms with Gasteiger partial charge in [-0.1, -0.05) is 24.3 Å². The van der Waals surface area contributed by atoms with Gasteiger partial charge in [-0.25, -0.2) is 4.39 Å². The predicted octanol–water partition coefficient (Wildman–Crippen LogP) is 4.30. The van der Waals surface area contributed by atoms with Crippen LogP contribution in [0.25, 0.3) is 0 Å². The van der Waals surface area contributed by atoms with Crippen molar-refractivity contribution in [2.24, 2.45) is 5.92 Å². The molecule has 0 N–H and O–H groups in total. The van der Waals surface area contributed by atoms with Crippen LogP contribution in [0, 0.1) is 11.7 Å². The summed E-state index contributed by atoms with van der Waals surface area (Å²) < 4.78 is 58.6. The van der Waals surface area contributed by atoms with Gasteiger partial charge in [-0.15, -0.1) is 0 Å². The fourth-order valence-corrected chi connectivity index (χ4v) is 4.32. The first kappa shape index (κ1) is 21.6. The molecule has 2 aromatic carbocycles. The summed E-state index contributed by atoms with van der Waals surface area (Å²) in [4.78, 5) is 16.7. The summed E-state index contributed by atoms with van der Waals surface area (Å²) in [5.74, 6) is -1.04. The maximum absolute atomic E-state index is 13.9. The van der Waals surface area contributed by atoms with Crippen molar-refractivity contribution in [3.05, 3.63) is 65.0 Å². The first-order chi connectivity index (χ1) is 14.8. The Bertz CT molecular complexity index is 955. The molecule has 1 heterocycles. The topological polar surface area (TPSA) is 32.8 Å². The molecule has 2 atom stereocenters. The van der Waals surface area contributed by atoms with Crippen molar-refractivity contribution >= 4 is 5.91 Å². The van der Waals surface area contributed by atoms with Gasteiger partial charge in [-0.3, -0.25) is 9.69 Å². The number of hydrogen-bond donors (Lipinski definition) is 0. The van der Waals surface area contributed by atoms with E-state index in [0.29, 0.717) is 39.1 Å². The molecular formula is C23H24F4N2O2. The average Bonchev–Trinajstić information content (AvgIpc) is 3.54. The van der Waals surface area contributed by atoms with Gasteiger partial charge in [0.15, 0.2) is 11.6 Å². The monoisotopic (exact) mass is 436 g/mol. The average molecular weight is 436 g/mol. The number of methoxy groups -OCH3 is 1. The van der Waals surface area contributed by atoms with Crippen LogP contribution in [0.3, 0.4) is 0 Å². The molecule has 31 heavy (non-hydrogen) atoms. The zero-order chi connectivity index (χ0) is 22.2. The van der Waals surface area contributed by atoms with Gasteiger partial charge in [0, 0.05) is 38.6 Å². The smallest absolute Gasteiger partial charge is 0.416 e. The number of carbonyl (C=O) groups excluding carboxylic acids is 1. The van der Waals surface area contributed by atoms with E-state index in [1.807, 2.05) is 6.07 Å². The maximum Gasteiger partial charge on any atom is 0.416 e. The largest absolute Gasteiger partial charge is 0.494 e. The quantitative estimate of drug-likeness (QED) is 0.656. The van der Waals surface area contributed by atoms with E-state index in [1.165, 1.54) is 25.3 Å². The molecule has 1 saturated heterocycles. The van der Waals surface area contributed by atoms with E-state index in [1.54, 1.807) is 17.0 Å². The molecule has 2 unspecified atom stereocenters. The summed E-state index contributed by atoms with van der Waals surface area (Å²) in [6, 6.07) is 10.4. The lowest BCUT2D eigenvalue weighted by Crippen LogP contribution is -2.48.